The Hall–Kier alpha value is -3.08. The van der Waals surface area contributed by atoms with Gasteiger partial charge in [0.25, 0.3) is 0 Å². The maximum absolute atomic E-state index is 12.3. The molecule has 136 valence electrons. The minimum Gasteiger partial charge on any atom is -0.497 e. The van der Waals surface area contributed by atoms with Gasteiger partial charge in [0.05, 0.1) is 12.7 Å². The van der Waals surface area contributed by atoms with Crippen LogP contribution in [0.5, 0.6) is 5.75 Å². The Balaban J connectivity index is 1.66. The van der Waals surface area contributed by atoms with Crippen molar-refractivity contribution in [3.8, 4) is 5.75 Å². The number of allylic oxidation sites excluding steroid dienone is 3. The largest absolute Gasteiger partial charge is 0.497 e. The Labute approximate surface area is 159 Å². The maximum Gasteiger partial charge on any atom is 0.343 e. The first-order valence-electron chi connectivity index (χ1n) is 8.98. The predicted octanol–water partition coefficient (Wildman–Crippen LogP) is 3.71. The lowest BCUT2D eigenvalue weighted by Gasteiger charge is -2.16. The Morgan fingerprint density at radius 1 is 1.04 bits per heavy atom. The molecule has 0 aromatic heterocycles. The molecule has 27 heavy (non-hydrogen) atoms. The van der Waals surface area contributed by atoms with Gasteiger partial charge in [-0.05, 0) is 66.9 Å². The molecule has 0 N–H and O–H groups in total. The van der Waals surface area contributed by atoms with E-state index in [1.54, 1.807) is 43.5 Å². The Morgan fingerprint density at radius 3 is 2.33 bits per heavy atom. The van der Waals surface area contributed by atoms with Gasteiger partial charge in [0, 0.05) is 11.5 Å². The zero-order chi connectivity index (χ0) is 19.2. The molecule has 2 aromatic rings. The van der Waals surface area contributed by atoms with Crippen LogP contribution in [-0.4, -0.2) is 26.7 Å². The molecule has 0 saturated heterocycles. The predicted molar refractivity (Wildman–Crippen MR) is 107 cm³/mol. The van der Waals surface area contributed by atoms with Gasteiger partial charge in [-0.15, -0.1) is 0 Å². The Kier molecular flexibility index (Phi) is 5.92. The third-order valence-corrected chi connectivity index (χ3v) is 4.56. The molecule has 3 rings (SSSR count). The van der Waals surface area contributed by atoms with Gasteiger partial charge in [-0.1, -0.05) is 18.2 Å². The second-order valence-electron chi connectivity index (χ2n) is 6.33. The summed E-state index contributed by atoms with van der Waals surface area (Å²) in [5.41, 5.74) is 2.22. The van der Waals surface area contributed by atoms with E-state index in [4.69, 9.17) is 9.47 Å². The molecule has 1 aliphatic rings. The van der Waals surface area contributed by atoms with Crippen LogP contribution in [-0.2, 0) is 4.74 Å². The molecule has 1 atom stereocenters. The van der Waals surface area contributed by atoms with Gasteiger partial charge in [-0.2, -0.15) is 0 Å². The van der Waals surface area contributed by atoms with Crippen LogP contribution in [0, 0.1) is 0 Å². The fourth-order valence-electron chi connectivity index (χ4n) is 2.97. The molecule has 0 heterocycles. The highest BCUT2D eigenvalue weighted by Gasteiger charge is 2.14. The summed E-state index contributed by atoms with van der Waals surface area (Å²) in [6.07, 6.45) is 7.47. The average molecular weight is 360 g/mol. The van der Waals surface area contributed by atoms with Crippen LogP contribution in [0.3, 0.4) is 0 Å². The second kappa shape index (κ2) is 8.54. The number of ketones is 1. The highest BCUT2D eigenvalue weighted by atomic mass is 16.5. The summed E-state index contributed by atoms with van der Waals surface area (Å²) in [5.74, 6) is 1.14. The van der Waals surface area contributed by atoms with E-state index in [0.717, 1.165) is 17.7 Å². The first-order chi connectivity index (χ1) is 13.1. The van der Waals surface area contributed by atoms with E-state index >= 15 is 0 Å². The van der Waals surface area contributed by atoms with Gasteiger partial charge in [0.2, 0.25) is 0 Å². The number of hydrogen-bond acceptors (Lipinski definition) is 4. The first kappa shape index (κ1) is 18.7. The fourth-order valence-corrected chi connectivity index (χ4v) is 2.97. The van der Waals surface area contributed by atoms with Crippen LogP contribution in [0.1, 0.15) is 38.6 Å². The zero-order valence-corrected chi connectivity index (χ0v) is 15.5. The number of methoxy groups -OCH3 is 1. The van der Waals surface area contributed by atoms with Crippen LogP contribution in [0.15, 0.2) is 72.5 Å². The van der Waals surface area contributed by atoms with Crippen molar-refractivity contribution >= 4 is 19.6 Å². The van der Waals surface area contributed by atoms with Crippen molar-refractivity contribution in [3.63, 3.8) is 0 Å². The molecule has 0 aliphatic heterocycles. The monoisotopic (exact) mass is 360 g/mol. The highest BCUT2D eigenvalue weighted by Crippen LogP contribution is 2.27. The van der Waals surface area contributed by atoms with Crippen molar-refractivity contribution in [3.05, 3.63) is 89.2 Å². The van der Waals surface area contributed by atoms with Gasteiger partial charge in [0.15, 0.2) is 5.78 Å². The van der Waals surface area contributed by atoms with Gasteiger partial charge in [-0.25, -0.2) is 4.79 Å². The topological polar surface area (TPSA) is 52.6 Å². The van der Waals surface area contributed by atoms with Gasteiger partial charge >= 0.3 is 5.97 Å². The number of esters is 1. The smallest absolute Gasteiger partial charge is 0.343 e. The second-order valence-corrected chi connectivity index (χ2v) is 6.33. The van der Waals surface area contributed by atoms with Crippen LogP contribution in [0.2, 0.25) is 6.32 Å². The number of carbonyl (C=O) groups excluding carboxylic acids is 2. The maximum atomic E-state index is 12.3. The van der Waals surface area contributed by atoms with Crippen LogP contribution < -0.4 is 4.74 Å². The Bertz CT molecular complexity index is 880. The summed E-state index contributed by atoms with van der Waals surface area (Å²) in [6, 6.07) is 14.0. The molecule has 1 unspecified atom stereocenters. The molecular weight excluding hydrogens is 339 g/mol. The highest BCUT2D eigenvalue weighted by molar-refractivity contribution is 6.24. The van der Waals surface area contributed by atoms with Crippen molar-refractivity contribution < 1.29 is 19.1 Å². The van der Waals surface area contributed by atoms with Gasteiger partial charge < -0.3 is 9.47 Å². The van der Waals surface area contributed by atoms with Gasteiger partial charge in [-0.3, -0.25) is 4.79 Å². The number of hydrogen-bond donors (Lipinski definition) is 0. The normalized spacial score (nSPS) is 15.7. The SMILES string of the molecule is BCC(=O)c1ccc(OC(=O)c2ccc(C3C=C(OC)C=CC3)cc2)cc1. The van der Waals surface area contributed by atoms with Crippen molar-refractivity contribution in [2.75, 3.05) is 7.11 Å². The quantitative estimate of drug-likeness (QED) is 0.341. The van der Waals surface area contributed by atoms with E-state index in [-0.39, 0.29) is 11.7 Å². The third-order valence-electron chi connectivity index (χ3n) is 4.56. The fraction of sp³-hybridized carbons (Fsp3) is 0.182. The van der Waals surface area contributed by atoms with Crippen molar-refractivity contribution in [1.29, 1.82) is 0 Å². The van der Waals surface area contributed by atoms with E-state index in [1.807, 2.05) is 26.1 Å². The summed E-state index contributed by atoms with van der Waals surface area (Å²) >= 11 is 0. The van der Waals surface area contributed by atoms with E-state index in [1.165, 1.54) is 0 Å². The lowest BCUT2D eigenvalue weighted by molar-refractivity contribution is 0.0734. The van der Waals surface area contributed by atoms with Crippen molar-refractivity contribution in [1.82, 2.24) is 0 Å². The van der Waals surface area contributed by atoms with Crippen LogP contribution >= 0.6 is 0 Å². The van der Waals surface area contributed by atoms with E-state index in [0.29, 0.717) is 23.2 Å². The number of Topliss-reactive ketones (excluding diaryl/α,β-unsaturated/α-hetero) is 1. The standard InChI is InChI=1S/C22H21BO4/c1-26-20-4-2-3-18(13-20)15-5-7-17(8-6-15)22(25)27-19-11-9-16(10-12-19)21(24)14-23/h2,4-13,18H,3,14,23H2,1H3. The molecular formula is C22H21BO4. The summed E-state index contributed by atoms with van der Waals surface area (Å²) in [4.78, 5) is 24.0. The van der Waals surface area contributed by atoms with E-state index in [2.05, 4.69) is 12.2 Å². The summed E-state index contributed by atoms with van der Waals surface area (Å²) < 4.78 is 10.7. The Morgan fingerprint density at radius 2 is 1.70 bits per heavy atom. The zero-order valence-electron chi connectivity index (χ0n) is 15.5. The number of benzene rings is 2. The lowest BCUT2D eigenvalue weighted by atomic mass is 9.91. The summed E-state index contributed by atoms with van der Waals surface area (Å²) in [5, 5.41) is 0. The number of rotatable bonds is 6. The molecule has 0 amide bonds. The first-order valence-corrected chi connectivity index (χ1v) is 8.98. The van der Waals surface area contributed by atoms with E-state index < -0.39 is 5.97 Å². The van der Waals surface area contributed by atoms with Gasteiger partial charge in [0.1, 0.15) is 19.4 Å². The molecule has 0 spiro atoms. The van der Waals surface area contributed by atoms with Crippen molar-refractivity contribution in [2.45, 2.75) is 18.7 Å². The molecule has 5 heteroatoms. The third kappa shape index (κ3) is 4.56. The van der Waals surface area contributed by atoms with Crippen LogP contribution in [0.4, 0.5) is 0 Å². The summed E-state index contributed by atoms with van der Waals surface area (Å²) in [7, 11) is 3.47. The lowest BCUT2D eigenvalue weighted by Crippen LogP contribution is -2.09. The average Bonchev–Trinajstić information content (AvgIpc) is 2.74. The van der Waals surface area contributed by atoms with E-state index in [9.17, 15) is 9.59 Å². The molecule has 0 bridgehead atoms. The molecule has 0 radical (unpaired) electrons. The molecule has 2 aromatic carbocycles. The van der Waals surface area contributed by atoms with Crippen molar-refractivity contribution in [2.24, 2.45) is 0 Å². The number of carbonyl (C=O) groups is 2. The molecule has 0 saturated carbocycles. The minimum atomic E-state index is -0.423. The molecule has 4 nitrogen and oxygen atoms in total. The minimum absolute atomic E-state index is 0.0618. The van der Waals surface area contributed by atoms with Crippen LogP contribution in [0.25, 0.3) is 0 Å². The number of ether oxygens (including phenoxy) is 2. The molecule has 0 fully saturated rings. The summed E-state index contributed by atoms with van der Waals surface area (Å²) in [6.45, 7) is 0. The molecule has 1 aliphatic carbocycles.